The van der Waals surface area contributed by atoms with E-state index >= 15 is 0 Å². The maximum absolute atomic E-state index is 13.0. The molecule has 0 unspecified atom stereocenters. The lowest BCUT2D eigenvalue weighted by Gasteiger charge is -2.35. The molecule has 1 aromatic rings. The van der Waals surface area contributed by atoms with Gasteiger partial charge in [0.15, 0.2) is 0 Å². The Balaban J connectivity index is 1.87. The quantitative estimate of drug-likeness (QED) is 0.662. The highest BCUT2D eigenvalue weighted by atomic mass is 32.2. The molecule has 1 amide bonds. The van der Waals surface area contributed by atoms with Crippen LogP contribution in [0.5, 0.6) is 0 Å². The average Bonchev–Trinajstić information content (AvgIpc) is 3.16. The molecule has 1 aromatic carbocycles. The summed E-state index contributed by atoms with van der Waals surface area (Å²) in [6.07, 6.45) is 3.82. The molecule has 0 radical (unpaired) electrons. The van der Waals surface area contributed by atoms with Crippen molar-refractivity contribution in [1.82, 2.24) is 4.90 Å². The number of rotatable bonds is 7. The average molecular weight is 394 g/mol. The maximum atomic E-state index is 13.0. The smallest absolute Gasteiger partial charge is 0.314 e. The van der Waals surface area contributed by atoms with Gasteiger partial charge in [-0.25, -0.2) is 8.42 Å². The number of hydrogen-bond donors (Lipinski definition) is 0. The van der Waals surface area contributed by atoms with Crippen LogP contribution in [0.4, 0.5) is 0 Å². The summed E-state index contributed by atoms with van der Waals surface area (Å²) in [7, 11) is -3.20. The predicted octanol–water partition coefficient (Wildman–Crippen LogP) is 1.98. The molecule has 27 heavy (non-hydrogen) atoms. The molecule has 0 aliphatic carbocycles. The Morgan fingerprint density at radius 3 is 2.56 bits per heavy atom. The van der Waals surface area contributed by atoms with Crippen molar-refractivity contribution in [3.63, 3.8) is 0 Å². The van der Waals surface area contributed by atoms with Crippen LogP contribution >= 0.6 is 0 Å². The van der Waals surface area contributed by atoms with Gasteiger partial charge >= 0.3 is 5.97 Å². The largest absolute Gasteiger partial charge is 0.465 e. The number of amides is 1. The number of carbonyl (C=O) groups is 2. The van der Waals surface area contributed by atoms with Gasteiger partial charge in [0.2, 0.25) is 5.91 Å². The topological polar surface area (TPSA) is 80.8 Å². The minimum absolute atomic E-state index is 0.0184. The van der Waals surface area contributed by atoms with Crippen LogP contribution in [0, 0.1) is 5.41 Å². The molecule has 0 saturated carbocycles. The Morgan fingerprint density at radius 2 is 1.93 bits per heavy atom. The van der Waals surface area contributed by atoms with Gasteiger partial charge in [0, 0.05) is 24.8 Å². The van der Waals surface area contributed by atoms with E-state index in [0.29, 0.717) is 19.4 Å². The summed E-state index contributed by atoms with van der Waals surface area (Å²) in [4.78, 5) is 27.6. The summed E-state index contributed by atoms with van der Waals surface area (Å²) >= 11 is 0. The molecule has 0 aromatic heterocycles. The first-order valence-corrected chi connectivity index (χ1v) is 11.5. The van der Waals surface area contributed by atoms with Gasteiger partial charge in [-0.1, -0.05) is 30.3 Å². The van der Waals surface area contributed by atoms with Crippen molar-refractivity contribution in [2.75, 3.05) is 18.6 Å². The van der Waals surface area contributed by atoms with E-state index in [4.69, 9.17) is 4.74 Å². The predicted molar refractivity (Wildman–Crippen MR) is 102 cm³/mol. The lowest BCUT2D eigenvalue weighted by molar-refractivity contribution is -0.158. The molecule has 2 heterocycles. The van der Waals surface area contributed by atoms with Crippen molar-refractivity contribution < 1.29 is 22.7 Å². The number of hydrogen-bond acceptors (Lipinski definition) is 5. The van der Waals surface area contributed by atoms with Gasteiger partial charge in [-0.15, -0.1) is 0 Å². The minimum Gasteiger partial charge on any atom is -0.465 e. The highest BCUT2D eigenvalue weighted by molar-refractivity contribution is 7.90. The molecule has 0 N–H and O–H groups in total. The van der Waals surface area contributed by atoms with Crippen LogP contribution in [-0.2, 0) is 30.6 Å². The van der Waals surface area contributed by atoms with Crippen LogP contribution in [0.15, 0.2) is 30.3 Å². The van der Waals surface area contributed by atoms with Gasteiger partial charge < -0.3 is 9.64 Å². The number of carbonyl (C=O) groups excluding carboxylic acids is 2. The Kier molecular flexibility index (Phi) is 5.60. The van der Waals surface area contributed by atoms with Gasteiger partial charge in [0.1, 0.15) is 9.84 Å². The van der Waals surface area contributed by atoms with Gasteiger partial charge in [-0.05, 0) is 38.2 Å². The zero-order valence-corrected chi connectivity index (χ0v) is 16.7. The van der Waals surface area contributed by atoms with Crippen LogP contribution < -0.4 is 0 Å². The molecule has 0 spiro atoms. The van der Waals surface area contributed by atoms with E-state index in [9.17, 15) is 18.0 Å². The Morgan fingerprint density at radius 1 is 1.22 bits per heavy atom. The molecule has 2 saturated heterocycles. The van der Waals surface area contributed by atoms with Gasteiger partial charge in [-0.2, -0.15) is 0 Å². The monoisotopic (exact) mass is 393 g/mol. The Labute approximate surface area is 160 Å². The summed E-state index contributed by atoms with van der Waals surface area (Å²) in [6, 6.07) is 9.55. The lowest BCUT2D eigenvalue weighted by atomic mass is 9.70. The Hall–Kier alpha value is -1.89. The summed E-state index contributed by atoms with van der Waals surface area (Å²) in [5, 5.41) is 0. The van der Waals surface area contributed by atoms with Crippen molar-refractivity contribution in [2.45, 2.75) is 51.1 Å². The molecular weight excluding hydrogens is 366 g/mol. The van der Waals surface area contributed by atoms with Crippen molar-refractivity contribution in [3.8, 4) is 0 Å². The molecule has 6 nitrogen and oxygen atoms in total. The first-order chi connectivity index (χ1) is 12.8. The zero-order valence-electron chi connectivity index (χ0n) is 15.9. The maximum Gasteiger partial charge on any atom is 0.314 e. The fourth-order valence-corrected chi connectivity index (χ4v) is 5.22. The number of esters is 1. The first kappa shape index (κ1) is 19.9. The lowest BCUT2D eigenvalue weighted by Crippen LogP contribution is -2.47. The number of ether oxygens (including phenoxy) is 1. The van der Waals surface area contributed by atoms with E-state index in [1.165, 1.54) is 0 Å². The molecule has 2 fully saturated rings. The van der Waals surface area contributed by atoms with Crippen LogP contribution in [0.25, 0.3) is 0 Å². The first-order valence-electron chi connectivity index (χ1n) is 9.47. The molecule has 7 heteroatoms. The summed E-state index contributed by atoms with van der Waals surface area (Å²) < 4.78 is 28.3. The minimum atomic E-state index is -3.20. The van der Waals surface area contributed by atoms with Crippen molar-refractivity contribution in [3.05, 3.63) is 35.9 Å². The second kappa shape index (κ2) is 7.62. The molecular formula is C20H27NO5S. The molecule has 3 atom stereocenters. The number of sulfone groups is 1. The third-order valence-corrected chi connectivity index (χ3v) is 6.71. The van der Waals surface area contributed by atoms with E-state index in [0.717, 1.165) is 24.7 Å². The van der Waals surface area contributed by atoms with Gasteiger partial charge in [0.25, 0.3) is 0 Å². The van der Waals surface area contributed by atoms with Crippen molar-refractivity contribution >= 4 is 21.7 Å². The van der Waals surface area contributed by atoms with E-state index < -0.39 is 15.3 Å². The van der Waals surface area contributed by atoms with Crippen molar-refractivity contribution in [1.29, 1.82) is 0 Å². The van der Waals surface area contributed by atoms with E-state index in [1.807, 2.05) is 30.3 Å². The fourth-order valence-electron chi connectivity index (χ4n) is 4.68. The van der Waals surface area contributed by atoms with E-state index in [-0.39, 0.29) is 36.1 Å². The number of benzene rings is 1. The van der Waals surface area contributed by atoms with E-state index in [2.05, 4.69) is 0 Å². The molecule has 3 rings (SSSR count). The van der Waals surface area contributed by atoms with Crippen LogP contribution in [0.1, 0.15) is 38.2 Å². The third kappa shape index (κ3) is 4.03. The highest BCUT2D eigenvalue weighted by Gasteiger charge is 2.61. The molecule has 2 aliphatic heterocycles. The summed E-state index contributed by atoms with van der Waals surface area (Å²) in [6.45, 7) is 2.09. The highest BCUT2D eigenvalue weighted by Crippen LogP contribution is 2.52. The summed E-state index contributed by atoms with van der Waals surface area (Å²) in [5.41, 5.74) is 0.294. The normalized spacial score (nSPS) is 27.0. The molecule has 2 aliphatic rings. The second-order valence-corrected chi connectivity index (χ2v) is 9.93. The number of nitrogens with zero attached hydrogens (tertiary/aromatic N) is 1. The zero-order chi connectivity index (χ0) is 19.7. The Bertz CT molecular complexity index is 807. The fraction of sp³-hybridized carbons (Fsp3) is 0.600. The standard InChI is InChI=1S/C20H27NO5S/c1-3-26-19(23)20(13-15-7-5-4-6-8-15)14-16-9-10-17(20)21(16)18(22)11-12-27(2,24)25/h4-8,16-17H,3,9-14H2,1-2H3/t16-,17+,20+/m1/s1. The van der Waals surface area contributed by atoms with Gasteiger partial charge in [0.05, 0.1) is 17.8 Å². The SMILES string of the molecule is CCOC(=O)[C@@]1(Cc2ccccc2)C[C@H]2CC[C@@H]1N2C(=O)CCS(C)(=O)=O. The van der Waals surface area contributed by atoms with Gasteiger partial charge in [-0.3, -0.25) is 9.59 Å². The van der Waals surface area contributed by atoms with Crippen LogP contribution in [0.2, 0.25) is 0 Å². The van der Waals surface area contributed by atoms with Crippen molar-refractivity contribution in [2.24, 2.45) is 5.41 Å². The second-order valence-electron chi connectivity index (χ2n) is 7.67. The number of fused-ring (bicyclic) bond motifs is 2. The summed E-state index contributed by atoms with van der Waals surface area (Å²) in [5.74, 6) is -0.582. The molecule has 2 bridgehead atoms. The van der Waals surface area contributed by atoms with Crippen LogP contribution in [-0.4, -0.2) is 55.9 Å². The van der Waals surface area contributed by atoms with Crippen LogP contribution in [0.3, 0.4) is 0 Å². The van der Waals surface area contributed by atoms with E-state index in [1.54, 1.807) is 11.8 Å². The third-order valence-electron chi connectivity index (χ3n) is 5.76. The molecule has 148 valence electrons.